The molecule has 0 spiro atoms. The molecule has 122 valence electrons. The summed E-state index contributed by atoms with van der Waals surface area (Å²) in [5.74, 6) is 0.683. The van der Waals surface area contributed by atoms with Crippen LogP contribution in [-0.4, -0.2) is 16.0 Å². The number of aryl methyl sites for hydroxylation is 1. The Labute approximate surface area is 143 Å². The van der Waals surface area contributed by atoms with E-state index in [0.717, 1.165) is 11.3 Å². The van der Waals surface area contributed by atoms with Gasteiger partial charge in [-0.05, 0) is 24.6 Å². The Balaban J connectivity index is 1.67. The smallest absolute Gasteiger partial charge is 0.258 e. The van der Waals surface area contributed by atoms with Gasteiger partial charge in [0.15, 0.2) is 5.82 Å². The van der Waals surface area contributed by atoms with Crippen molar-refractivity contribution in [3.8, 4) is 0 Å². The summed E-state index contributed by atoms with van der Waals surface area (Å²) in [7, 11) is 0. The molecule has 0 aliphatic heterocycles. The number of aromatic nitrogens is 2. The zero-order valence-electron chi connectivity index (χ0n) is 12.9. The summed E-state index contributed by atoms with van der Waals surface area (Å²) in [6, 6.07) is 10.9. The van der Waals surface area contributed by atoms with Gasteiger partial charge in [0.25, 0.3) is 5.91 Å². The molecule has 24 heavy (non-hydrogen) atoms. The van der Waals surface area contributed by atoms with Gasteiger partial charge in [-0.2, -0.15) is 0 Å². The second-order valence-electron chi connectivity index (χ2n) is 5.18. The third-order valence-corrected chi connectivity index (χ3v) is 3.68. The predicted molar refractivity (Wildman–Crippen MR) is 92.2 cm³/mol. The number of hydrogen-bond donors (Lipinski definition) is 2. The van der Waals surface area contributed by atoms with Gasteiger partial charge in [-0.15, -0.1) is 0 Å². The summed E-state index contributed by atoms with van der Waals surface area (Å²) in [6.45, 7) is 2.29. The van der Waals surface area contributed by atoms with Gasteiger partial charge in [0, 0.05) is 30.0 Å². The molecule has 2 heterocycles. The number of benzene rings is 1. The molecule has 0 saturated heterocycles. The zero-order valence-corrected chi connectivity index (χ0v) is 13.7. The van der Waals surface area contributed by atoms with E-state index in [0.29, 0.717) is 28.7 Å². The maximum Gasteiger partial charge on any atom is 0.258 e. The number of hydrogen-bond acceptors (Lipinski definition) is 5. The molecule has 3 aromatic rings. The first-order valence-corrected chi connectivity index (χ1v) is 7.66. The SMILES string of the molecule is Cc1cc(NC(=O)c2cncc(NCc3ccccc3Cl)c2)no1. The van der Waals surface area contributed by atoms with Crippen molar-refractivity contribution in [2.75, 3.05) is 10.6 Å². The summed E-state index contributed by atoms with van der Waals surface area (Å²) in [6.07, 6.45) is 3.14. The lowest BCUT2D eigenvalue weighted by molar-refractivity contribution is 0.102. The molecular formula is C17H15ClN4O2. The number of anilines is 2. The van der Waals surface area contributed by atoms with Gasteiger partial charge in [-0.25, -0.2) is 0 Å². The van der Waals surface area contributed by atoms with Gasteiger partial charge >= 0.3 is 0 Å². The van der Waals surface area contributed by atoms with E-state index in [1.54, 1.807) is 25.3 Å². The molecule has 7 heteroatoms. The van der Waals surface area contributed by atoms with E-state index in [4.69, 9.17) is 16.1 Å². The number of carbonyl (C=O) groups excluding carboxylic acids is 1. The van der Waals surface area contributed by atoms with E-state index in [2.05, 4.69) is 20.8 Å². The van der Waals surface area contributed by atoms with Crippen LogP contribution in [0.5, 0.6) is 0 Å². The van der Waals surface area contributed by atoms with E-state index >= 15 is 0 Å². The lowest BCUT2D eigenvalue weighted by atomic mass is 10.2. The van der Waals surface area contributed by atoms with Crippen LogP contribution in [0.25, 0.3) is 0 Å². The van der Waals surface area contributed by atoms with Gasteiger partial charge in [-0.3, -0.25) is 9.78 Å². The highest BCUT2D eigenvalue weighted by atomic mass is 35.5. The standard InChI is InChI=1S/C17H15ClN4O2/c1-11-6-16(22-24-11)21-17(23)13-7-14(10-19-8-13)20-9-12-4-2-3-5-15(12)18/h2-8,10,20H,9H2,1H3,(H,21,22,23). The fourth-order valence-corrected chi connectivity index (χ4v) is 2.32. The van der Waals surface area contributed by atoms with Crippen LogP contribution in [0.2, 0.25) is 5.02 Å². The molecule has 1 aromatic carbocycles. The Hall–Kier alpha value is -2.86. The van der Waals surface area contributed by atoms with Crippen molar-refractivity contribution >= 4 is 29.0 Å². The number of carbonyl (C=O) groups is 1. The summed E-state index contributed by atoms with van der Waals surface area (Å²) >= 11 is 6.13. The fourth-order valence-electron chi connectivity index (χ4n) is 2.11. The largest absolute Gasteiger partial charge is 0.380 e. The van der Waals surface area contributed by atoms with E-state index in [1.807, 2.05) is 24.3 Å². The molecule has 3 rings (SSSR count). The lowest BCUT2D eigenvalue weighted by Gasteiger charge is -2.09. The van der Waals surface area contributed by atoms with Crippen molar-refractivity contribution in [1.82, 2.24) is 10.1 Å². The minimum absolute atomic E-state index is 0.308. The van der Waals surface area contributed by atoms with Crippen LogP contribution in [0.3, 0.4) is 0 Å². The number of amides is 1. The predicted octanol–water partition coefficient (Wildman–Crippen LogP) is 3.90. The van der Waals surface area contributed by atoms with Gasteiger partial charge in [0.1, 0.15) is 5.76 Å². The highest BCUT2D eigenvalue weighted by molar-refractivity contribution is 6.31. The number of halogens is 1. The molecule has 0 radical (unpaired) electrons. The topological polar surface area (TPSA) is 80.0 Å². The Morgan fingerprint density at radius 1 is 1.25 bits per heavy atom. The number of nitrogens with zero attached hydrogens (tertiary/aromatic N) is 2. The second kappa shape index (κ2) is 7.14. The van der Waals surface area contributed by atoms with Crippen LogP contribution < -0.4 is 10.6 Å². The Bertz CT molecular complexity index is 863. The van der Waals surface area contributed by atoms with E-state index < -0.39 is 0 Å². The molecule has 0 fully saturated rings. The monoisotopic (exact) mass is 342 g/mol. The molecule has 1 amide bonds. The third-order valence-electron chi connectivity index (χ3n) is 3.31. The Morgan fingerprint density at radius 3 is 2.83 bits per heavy atom. The van der Waals surface area contributed by atoms with E-state index in [1.165, 1.54) is 6.20 Å². The van der Waals surface area contributed by atoms with E-state index in [-0.39, 0.29) is 5.91 Å². The second-order valence-corrected chi connectivity index (χ2v) is 5.59. The molecule has 0 saturated carbocycles. The minimum atomic E-state index is -0.308. The summed E-state index contributed by atoms with van der Waals surface area (Å²) in [5.41, 5.74) is 2.10. The highest BCUT2D eigenvalue weighted by Crippen LogP contribution is 2.17. The zero-order chi connectivity index (χ0) is 16.9. The third kappa shape index (κ3) is 3.91. The van der Waals surface area contributed by atoms with Crippen LogP contribution in [-0.2, 0) is 6.54 Å². The Morgan fingerprint density at radius 2 is 2.08 bits per heavy atom. The van der Waals surface area contributed by atoms with Crippen molar-refractivity contribution < 1.29 is 9.32 Å². The van der Waals surface area contributed by atoms with Crippen molar-refractivity contribution in [3.05, 3.63) is 70.7 Å². The van der Waals surface area contributed by atoms with Gasteiger partial charge in [-0.1, -0.05) is 35.0 Å². The number of nitrogens with one attached hydrogen (secondary N) is 2. The van der Waals surface area contributed by atoms with Gasteiger partial charge in [0.05, 0.1) is 11.3 Å². The normalized spacial score (nSPS) is 10.4. The van der Waals surface area contributed by atoms with Crippen LogP contribution in [0.1, 0.15) is 21.7 Å². The molecule has 2 N–H and O–H groups in total. The van der Waals surface area contributed by atoms with Crippen molar-refractivity contribution in [1.29, 1.82) is 0 Å². The number of pyridine rings is 1. The highest BCUT2D eigenvalue weighted by Gasteiger charge is 2.10. The van der Waals surface area contributed by atoms with Gasteiger partial charge < -0.3 is 15.2 Å². The summed E-state index contributed by atoms with van der Waals surface area (Å²) < 4.78 is 4.92. The summed E-state index contributed by atoms with van der Waals surface area (Å²) in [4.78, 5) is 16.3. The van der Waals surface area contributed by atoms with Crippen LogP contribution >= 0.6 is 11.6 Å². The van der Waals surface area contributed by atoms with Crippen molar-refractivity contribution in [2.45, 2.75) is 13.5 Å². The molecule has 2 aromatic heterocycles. The molecule has 0 unspecified atom stereocenters. The van der Waals surface area contributed by atoms with Crippen LogP contribution in [0.4, 0.5) is 11.5 Å². The van der Waals surface area contributed by atoms with Crippen molar-refractivity contribution in [3.63, 3.8) is 0 Å². The first-order chi connectivity index (χ1) is 11.6. The maximum absolute atomic E-state index is 12.2. The minimum Gasteiger partial charge on any atom is -0.380 e. The maximum atomic E-state index is 12.2. The molecule has 0 bridgehead atoms. The molecule has 6 nitrogen and oxygen atoms in total. The van der Waals surface area contributed by atoms with Crippen molar-refractivity contribution in [2.24, 2.45) is 0 Å². The number of rotatable bonds is 5. The average Bonchev–Trinajstić information content (AvgIpc) is 2.99. The van der Waals surface area contributed by atoms with Gasteiger partial charge in [0.2, 0.25) is 0 Å². The molecule has 0 aliphatic rings. The Kier molecular flexibility index (Phi) is 4.77. The first kappa shape index (κ1) is 16.0. The summed E-state index contributed by atoms with van der Waals surface area (Å²) in [5, 5.41) is 10.3. The first-order valence-electron chi connectivity index (χ1n) is 7.29. The molecular weight excluding hydrogens is 328 g/mol. The lowest BCUT2D eigenvalue weighted by Crippen LogP contribution is -2.13. The molecule has 0 atom stereocenters. The quantitative estimate of drug-likeness (QED) is 0.735. The molecule has 0 aliphatic carbocycles. The average molecular weight is 343 g/mol. The van der Waals surface area contributed by atoms with E-state index in [9.17, 15) is 4.79 Å². The fraction of sp³-hybridized carbons (Fsp3) is 0.118. The van der Waals surface area contributed by atoms with Crippen LogP contribution in [0.15, 0.2) is 53.3 Å². The van der Waals surface area contributed by atoms with Crippen LogP contribution in [0, 0.1) is 6.92 Å².